The average Bonchev–Trinajstić information content (AvgIpc) is 3.13. The Labute approximate surface area is 169 Å². The number of carbonyl (C=O) groups is 1. The van der Waals surface area contributed by atoms with Gasteiger partial charge in [-0.25, -0.2) is 9.78 Å². The summed E-state index contributed by atoms with van der Waals surface area (Å²) in [5.74, 6) is -0.265. The van der Waals surface area contributed by atoms with Crippen LogP contribution in [0.4, 0.5) is 0 Å². The molecule has 3 aromatic heterocycles. The highest BCUT2D eigenvalue weighted by molar-refractivity contribution is 7.18. The summed E-state index contributed by atoms with van der Waals surface area (Å²) in [5.41, 5.74) is 1.77. The minimum atomic E-state index is -0.754. The molecule has 0 radical (unpaired) electrons. The van der Waals surface area contributed by atoms with Gasteiger partial charge in [-0.2, -0.15) is 0 Å². The van der Waals surface area contributed by atoms with Gasteiger partial charge < -0.3 is 14.1 Å². The van der Waals surface area contributed by atoms with Crippen LogP contribution >= 0.6 is 22.9 Å². The summed E-state index contributed by atoms with van der Waals surface area (Å²) in [6, 6.07) is 5.31. The Morgan fingerprint density at radius 2 is 2.04 bits per heavy atom. The molecule has 8 heteroatoms. The number of benzene rings is 1. The normalized spacial score (nSPS) is 12.6. The molecular formula is C20H17ClN2O4S. The van der Waals surface area contributed by atoms with E-state index in [0.29, 0.717) is 32.2 Å². The van der Waals surface area contributed by atoms with E-state index in [1.165, 1.54) is 11.3 Å². The van der Waals surface area contributed by atoms with Crippen LogP contribution in [-0.4, -0.2) is 15.9 Å². The van der Waals surface area contributed by atoms with Crippen molar-refractivity contribution < 1.29 is 13.9 Å². The van der Waals surface area contributed by atoms with E-state index in [0.717, 1.165) is 15.8 Å². The molecule has 1 atom stereocenters. The Kier molecular flexibility index (Phi) is 4.51. The lowest BCUT2D eigenvalue weighted by atomic mass is 10.1. The van der Waals surface area contributed by atoms with Crippen LogP contribution in [0.25, 0.3) is 21.2 Å². The van der Waals surface area contributed by atoms with Crippen molar-refractivity contribution in [2.45, 2.75) is 33.8 Å². The minimum absolute atomic E-state index is 0.0844. The maximum atomic E-state index is 12.7. The lowest BCUT2D eigenvalue weighted by molar-refractivity contribution is 0.0285. The van der Waals surface area contributed by atoms with Gasteiger partial charge in [-0.05, 0) is 39.3 Å². The maximum absolute atomic E-state index is 12.7. The monoisotopic (exact) mass is 416 g/mol. The lowest BCUT2D eigenvalue weighted by Crippen LogP contribution is -2.17. The molecule has 0 saturated carbocycles. The molecule has 0 bridgehead atoms. The molecule has 1 N–H and O–H groups in total. The Morgan fingerprint density at radius 3 is 2.75 bits per heavy atom. The van der Waals surface area contributed by atoms with E-state index < -0.39 is 12.1 Å². The second-order valence-electron chi connectivity index (χ2n) is 6.63. The first-order chi connectivity index (χ1) is 13.3. The Balaban J connectivity index is 1.67. The van der Waals surface area contributed by atoms with Crippen LogP contribution in [0.15, 0.2) is 27.4 Å². The minimum Gasteiger partial charge on any atom is -0.449 e. The first-order valence-corrected chi connectivity index (χ1v) is 9.86. The molecule has 0 amide bonds. The number of hydrogen-bond acceptors (Lipinski definition) is 6. The van der Waals surface area contributed by atoms with Crippen molar-refractivity contribution in [2.24, 2.45) is 0 Å². The summed E-state index contributed by atoms with van der Waals surface area (Å²) < 4.78 is 11.2. The van der Waals surface area contributed by atoms with Gasteiger partial charge in [0.2, 0.25) is 5.76 Å². The van der Waals surface area contributed by atoms with E-state index in [-0.39, 0.29) is 11.3 Å². The summed E-state index contributed by atoms with van der Waals surface area (Å²) in [7, 11) is 0. The average molecular weight is 417 g/mol. The number of furan rings is 1. The first-order valence-electron chi connectivity index (χ1n) is 8.66. The van der Waals surface area contributed by atoms with Crippen molar-refractivity contribution in [3.63, 3.8) is 0 Å². The fourth-order valence-electron chi connectivity index (χ4n) is 3.14. The van der Waals surface area contributed by atoms with Crippen LogP contribution in [0.3, 0.4) is 0 Å². The van der Waals surface area contributed by atoms with Crippen LogP contribution in [0.5, 0.6) is 0 Å². The van der Waals surface area contributed by atoms with Gasteiger partial charge in [0.15, 0.2) is 17.5 Å². The van der Waals surface area contributed by atoms with Crippen LogP contribution in [0.2, 0.25) is 5.02 Å². The number of halogens is 1. The van der Waals surface area contributed by atoms with Crippen molar-refractivity contribution in [1.29, 1.82) is 0 Å². The molecule has 1 unspecified atom stereocenters. The van der Waals surface area contributed by atoms with E-state index in [9.17, 15) is 9.59 Å². The topological polar surface area (TPSA) is 85.2 Å². The fourth-order valence-corrected chi connectivity index (χ4v) is 4.39. The highest BCUT2D eigenvalue weighted by atomic mass is 35.5. The summed E-state index contributed by atoms with van der Waals surface area (Å²) in [5, 5.41) is 1.75. The molecule has 144 valence electrons. The number of ether oxygens (including phenoxy) is 1. The van der Waals surface area contributed by atoms with E-state index in [1.54, 1.807) is 26.0 Å². The van der Waals surface area contributed by atoms with E-state index >= 15 is 0 Å². The number of aromatic nitrogens is 2. The molecule has 28 heavy (non-hydrogen) atoms. The molecule has 1 aromatic carbocycles. The van der Waals surface area contributed by atoms with Crippen LogP contribution in [0.1, 0.15) is 45.4 Å². The third-order valence-electron chi connectivity index (χ3n) is 4.83. The van der Waals surface area contributed by atoms with Crippen molar-refractivity contribution in [2.75, 3.05) is 0 Å². The largest absolute Gasteiger partial charge is 0.449 e. The molecule has 0 aliphatic rings. The van der Waals surface area contributed by atoms with Gasteiger partial charge >= 0.3 is 5.97 Å². The SMILES string of the molecule is Cc1sc2nc(C(C)OC(=O)c3oc4c(Cl)cccc4c3C)[nH]c(=O)c2c1C. The number of carbonyl (C=O) groups excluding carboxylic acids is 1. The Bertz CT molecular complexity index is 1300. The highest BCUT2D eigenvalue weighted by Crippen LogP contribution is 2.32. The number of fused-ring (bicyclic) bond motifs is 2. The molecule has 4 rings (SSSR count). The predicted molar refractivity (Wildman–Crippen MR) is 110 cm³/mol. The van der Waals surface area contributed by atoms with E-state index in [2.05, 4.69) is 9.97 Å². The number of H-pyrrole nitrogens is 1. The third-order valence-corrected chi connectivity index (χ3v) is 6.23. The molecule has 3 heterocycles. The van der Waals surface area contributed by atoms with Gasteiger partial charge in [0.05, 0.1) is 10.4 Å². The number of nitrogens with one attached hydrogen (secondary N) is 1. The van der Waals surface area contributed by atoms with Gasteiger partial charge in [0.1, 0.15) is 4.83 Å². The fraction of sp³-hybridized carbons (Fsp3) is 0.250. The summed E-state index contributed by atoms with van der Waals surface area (Å²) in [6.07, 6.45) is -0.754. The third kappa shape index (κ3) is 2.91. The molecule has 0 spiro atoms. The van der Waals surface area contributed by atoms with Crippen molar-refractivity contribution in [3.8, 4) is 0 Å². The number of nitrogens with zero attached hydrogens (tertiary/aromatic N) is 1. The quantitative estimate of drug-likeness (QED) is 0.462. The van der Waals surface area contributed by atoms with E-state index in [1.807, 2.05) is 19.9 Å². The molecule has 0 aliphatic heterocycles. The summed E-state index contributed by atoms with van der Waals surface area (Å²) >= 11 is 7.58. The lowest BCUT2D eigenvalue weighted by Gasteiger charge is -2.11. The number of hydrogen-bond donors (Lipinski definition) is 1. The standard InChI is InChI=1S/C20H17ClN2O4S/c1-8-11(4)28-19-14(8)18(24)22-17(23-19)10(3)26-20(25)15-9(2)12-6-5-7-13(21)16(12)27-15/h5-7,10H,1-4H3,(H,22,23,24). The molecule has 0 fully saturated rings. The van der Waals surface area contributed by atoms with Gasteiger partial charge in [0.25, 0.3) is 5.56 Å². The molecule has 6 nitrogen and oxygen atoms in total. The van der Waals surface area contributed by atoms with Crippen molar-refractivity contribution >= 4 is 50.1 Å². The second kappa shape index (κ2) is 6.76. The van der Waals surface area contributed by atoms with Crippen molar-refractivity contribution in [3.05, 3.63) is 61.2 Å². The molecular weight excluding hydrogens is 400 g/mol. The van der Waals surface area contributed by atoms with Crippen molar-refractivity contribution in [1.82, 2.24) is 9.97 Å². The van der Waals surface area contributed by atoms with Gasteiger partial charge in [-0.15, -0.1) is 11.3 Å². The smallest absolute Gasteiger partial charge is 0.375 e. The van der Waals surface area contributed by atoms with Crippen LogP contribution in [0, 0.1) is 20.8 Å². The summed E-state index contributed by atoms with van der Waals surface area (Å²) in [4.78, 5) is 34.0. The Morgan fingerprint density at radius 1 is 1.29 bits per heavy atom. The first kappa shape index (κ1) is 18.7. The number of rotatable bonds is 3. The maximum Gasteiger partial charge on any atom is 0.375 e. The van der Waals surface area contributed by atoms with Crippen LogP contribution < -0.4 is 5.56 Å². The highest BCUT2D eigenvalue weighted by Gasteiger charge is 2.24. The number of para-hydroxylation sites is 1. The second-order valence-corrected chi connectivity index (χ2v) is 8.25. The Hall–Kier alpha value is -2.64. The van der Waals surface area contributed by atoms with E-state index in [4.69, 9.17) is 20.8 Å². The zero-order valence-corrected chi connectivity index (χ0v) is 17.2. The number of aryl methyl sites for hydroxylation is 3. The zero-order valence-electron chi connectivity index (χ0n) is 15.7. The number of esters is 1. The van der Waals surface area contributed by atoms with Gasteiger partial charge in [-0.1, -0.05) is 23.7 Å². The van der Waals surface area contributed by atoms with Crippen LogP contribution in [-0.2, 0) is 4.74 Å². The van der Waals surface area contributed by atoms with Gasteiger partial charge in [-0.3, -0.25) is 4.79 Å². The number of aromatic amines is 1. The number of thiophene rings is 1. The molecule has 0 saturated heterocycles. The van der Waals surface area contributed by atoms with Gasteiger partial charge in [0, 0.05) is 15.8 Å². The summed E-state index contributed by atoms with van der Waals surface area (Å²) in [6.45, 7) is 7.26. The zero-order chi connectivity index (χ0) is 20.2. The molecule has 4 aromatic rings. The molecule has 0 aliphatic carbocycles. The predicted octanol–water partition coefficient (Wildman–Crippen LogP) is 5.23.